The van der Waals surface area contributed by atoms with E-state index in [0.717, 1.165) is 24.3 Å². The van der Waals surface area contributed by atoms with Gasteiger partial charge in [0.2, 0.25) is 10.9 Å². The topological polar surface area (TPSA) is 216 Å². The van der Waals surface area contributed by atoms with Crippen LogP contribution in [0.5, 0.6) is 34.5 Å². The molecule has 6 rings (SSSR count). The van der Waals surface area contributed by atoms with Gasteiger partial charge in [-0.2, -0.15) is 0 Å². The average molecular weight is 599 g/mol. The Balaban J connectivity index is 1.83. The zero-order valence-electron chi connectivity index (χ0n) is 23.0. The Morgan fingerprint density at radius 2 is 0.886 bits per heavy atom. The van der Waals surface area contributed by atoms with Gasteiger partial charge in [-0.15, -0.1) is 0 Å². The van der Waals surface area contributed by atoms with Gasteiger partial charge in [0.25, 0.3) is 0 Å². The van der Waals surface area contributed by atoms with E-state index >= 15 is 0 Å². The molecule has 0 bridgehead atoms. The zero-order valence-corrected chi connectivity index (χ0v) is 23.0. The molecule has 0 saturated carbocycles. The summed E-state index contributed by atoms with van der Waals surface area (Å²) in [6.07, 6.45) is -0.704. The third kappa shape index (κ3) is 4.23. The lowest BCUT2D eigenvalue weighted by Crippen LogP contribution is -2.09. The number of rotatable bonds is 5. The van der Waals surface area contributed by atoms with E-state index < -0.39 is 67.7 Å². The van der Waals surface area contributed by atoms with Crippen LogP contribution in [-0.4, -0.2) is 42.2 Å². The first-order valence-corrected chi connectivity index (χ1v) is 13.1. The number of hydrogen-bond donors (Lipinski definition) is 6. The molecule has 0 radical (unpaired) electrons. The third-order valence-electron chi connectivity index (χ3n) is 7.30. The molecule has 4 aromatic carbocycles. The second-order valence-electron chi connectivity index (χ2n) is 10.6. The molecule has 0 aliphatic carbocycles. The van der Waals surface area contributed by atoms with Crippen LogP contribution in [0, 0.1) is 0 Å². The summed E-state index contributed by atoms with van der Waals surface area (Å²) in [5.74, 6) is -4.41. The maximum Gasteiger partial charge on any atom is 0.208 e. The van der Waals surface area contributed by atoms with Crippen LogP contribution in [0.1, 0.15) is 25.0 Å². The second kappa shape index (κ2) is 9.76. The number of carbonyl (C=O) groups is 2. The monoisotopic (exact) mass is 598 g/mol. The van der Waals surface area contributed by atoms with Crippen LogP contribution in [0.2, 0.25) is 0 Å². The summed E-state index contributed by atoms with van der Waals surface area (Å²) in [7, 11) is 0. The van der Waals surface area contributed by atoms with Crippen LogP contribution in [0.15, 0.2) is 54.8 Å². The molecule has 0 unspecified atom stereocenters. The molecule has 6 N–H and O–H groups in total. The Hall–Kier alpha value is -6.04. The standard InChI is InChI=1S/C32H22O12/c1-11(33)3-13-5-19-27(31(41)25-17(37)7-15(35)9-21(25)43-19)29(39)23(13)24-14(4-12(2)34)6-20-28(30(24)40)32(42)26-18(38)8-16(36)10-22(26)44-20/h5-10,35-40H,3-4H2,1-2H3. The number of ketones is 2. The van der Waals surface area contributed by atoms with Gasteiger partial charge in [-0.3, -0.25) is 19.2 Å². The minimum atomic E-state index is -0.907. The summed E-state index contributed by atoms with van der Waals surface area (Å²) < 4.78 is 11.5. The summed E-state index contributed by atoms with van der Waals surface area (Å²) in [6.45, 7) is 2.51. The smallest absolute Gasteiger partial charge is 0.208 e. The molecule has 6 aromatic rings. The highest BCUT2D eigenvalue weighted by atomic mass is 16.3. The number of fused-ring (bicyclic) bond motifs is 4. The normalized spacial score (nSPS) is 11.6. The van der Waals surface area contributed by atoms with Crippen LogP contribution in [0.4, 0.5) is 0 Å². The molecule has 0 amide bonds. The van der Waals surface area contributed by atoms with Crippen LogP contribution >= 0.6 is 0 Å². The average Bonchev–Trinajstić information content (AvgIpc) is 2.88. The van der Waals surface area contributed by atoms with E-state index in [-0.39, 0.29) is 68.2 Å². The van der Waals surface area contributed by atoms with Gasteiger partial charge in [-0.05, 0) is 37.1 Å². The van der Waals surface area contributed by atoms with Gasteiger partial charge in [-0.25, -0.2) is 0 Å². The molecule has 0 spiro atoms. The molecule has 0 aliphatic rings. The van der Waals surface area contributed by atoms with E-state index in [0.29, 0.717) is 0 Å². The van der Waals surface area contributed by atoms with Crippen molar-refractivity contribution >= 4 is 55.4 Å². The van der Waals surface area contributed by atoms with E-state index in [4.69, 9.17) is 8.83 Å². The van der Waals surface area contributed by atoms with Crippen molar-refractivity contribution in [2.45, 2.75) is 26.7 Å². The number of aromatic hydroxyl groups is 6. The van der Waals surface area contributed by atoms with Crippen molar-refractivity contribution in [2.24, 2.45) is 0 Å². The van der Waals surface area contributed by atoms with Gasteiger partial charge in [0.15, 0.2) is 0 Å². The van der Waals surface area contributed by atoms with Gasteiger partial charge in [0.05, 0.1) is 0 Å². The summed E-state index contributed by atoms with van der Waals surface area (Å²) in [6, 6.07) is 6.53. The predicted octanol–water partition coefficient (Wildman–Crippen LogP) is 4.37. The summed E-state index contributed by atoms with van der Waals surface area (Å²) in [5.41, 5.74) is -3.08. The first-order chi connectivity index (χ1) is 20.8. The molecule has 0 saturated heterocycles. The Kier molecular flexibility index (Phi) is 6.24. The molecular formula is C32H22O12. The first kappa shape index (κ1) is 28.1. The minimum Gasteiger partial charge on any atom is -0.508 e. The minimum absolute atomic E-state index is 0.0479. The Morgan fingerprint density at radius 3 is 1.23 bits per heavy atom. The molecule has 2 heterocycles. The molecule has 12 nitrogen and oxygen atoms in total. The van der Waals surface area contributed by atoms with Crippen LogP contribution in [0.3, 0.4) is 0 Å². The van der Waals surface area contributed by atoms with E-state index in [9.17, 15) is 49.8 Å². The van der Waals surface area contributed by atoms with Crippen molar-refractivity contribution in [3.05, 3.63) is 68.0 Å². The van der Waals surface area contributed by atoms with Gasteiger partial charge in [-0.1, -0.05) is 0 Å². The van der Waals surface area contributed by atoms with Crippen molar-refractivity contribution in [1.82, 2.24) is 0 Å². The third-order valence-corrected chi connectivity index (χ3v) is 7.30. The molecular weight excluding hydrogens is 576 g/mol. The number of phenols is 6. The highest BCUT2D eigenvalue weighted by molar-refractivity contribution is 6.06. The molecule has 222 valence electrons. The predicted molar refractivity (Wildman–Crippen MR) is 158 cm³/mol. The first-order valence-electron chi connectivity index (χ1n) is 13.1. The summed E-state index contributed by atoms with van der Waals surface area (Å²) in [4.78, 5) is 52.0. The van der Waals surface area contributed by atoms with E-state index in [1.807, 2.05) is 0 Å². The number of Topliss-reactive ketones (excluding diaryl/α,β-unsaturated/α-hetero) is 2. The van der Waals surface area contributed by atoms with Gasteiger partial charge < -0.3 is 39.5 Å². The molecule has 0 atom stereocenters. The zero-order chi connectivity index (χ0) is 31.8. The molecule has 12 heteroatoms. The SMILES string of the molecule is CC(=O)Cc1cc2oc3cc(O)cc(O)c3c(=O)c2c(O)c1-c1c(CC(C)=O)cc2oc3cc(O)cc(O)c3c(=O)c2c1O. The number of hydrogen-bond acceptors (Lipinski definition) is 12. The fourth-order valence-electron chi connectivity index (χ4n) is 5.64. The highest BCUT2D eigenvalue weighted by Crippen LogP contribution is 2.47. The molecule has 0 fully saturated rings. The van der Waals surface area contributed by atoms with E-state index in [1.165, 1.54) is 26.0 Å². The van der Waals surface area contributed by atoms with Gasteiger partial charge in [0.1, 0.15) is 89.9 Å². The maximum atomic E-state index is 13.6. The van der Waals surface area contributed by atoms with E-state index in [1.54, 1.807) is 0 Å². The van der Waals surface area contributed by atoms with Gasteiger partial charge >= 0.3 is 0 Å². The van der Waals surface area contributed by atoms with Crippen LogP contribution in [0.25, 0.3) is 55.0 Å². The van der Waals surface area contributed by atoms with Crippen molar-refractivity contribution in [1.29, 1.82) is 0 Å². The van der Waals surface area contributed by atoms with Crippen molar-refractivity contribution in [3.63, 3.8) is 0 Å². The van der Waals surface area contributed by atoms with Gasteiger partial charge in [0, 0.05) is 48.2 Å². The maximum absolute atomic E-state index is 13.6. The molecule has 2 aromatic heterocycles. The van der Waals surface area contributed by atoms with Crippen molar-refractivity contribution < 1.29 is 49.1 Å². The fourth-order valence-corrected chi connectivity index (χ4v) is 5.64. The number of benzene rings is 4. The quantitative estimate of drug-likeness (QED) is 0.153. The lowest BCUT2D eigenvalue weighted by molar-refractivity contribution is -0.117. The van der Waals surface area contributed by atoms with Crippen LogP contribution in [-0.2, 0) is 22.4 Å². The highest BCUT2D eigenvalue weighted by Gasteiger charge is 2.29. The number of carbonyl (C=O) groups excluding carboxylic acids is 2. The second-order valence-corrected chi connectivity index (χ2v) is 10.6. The lowest BCUT2D eigenvalue weighted by atomic mass is 9.87. The Bertz CT molecular complexity index is 2230. The summed E-state index contributed by atoms with van der Waals surface area (Å²) in [5, 5.41) is 62.3. The molecule has 0 aliphatic heterocycles. The lowest BCUT2D eigenvalue weighted by Gasteiger charge is -2.19. The Morgan fingerprint density at radius 1 is 0.545 bits per heavy atom. The largest absolute Gasteiger partial charge is 0.508 e. The number of phenolic OH excluding ortho intramolecular Hbond substituents is 6. The van der Waals surface area contributed by atoms with Crippen LogP contribution < -0.4 is 10.9 Å². The van der Waals surface area contributed by atoms with Crippen molar-refractivity contribution in [3.8, 4) is 45.6 Å². The summed E-state index contributed by atoms with van der Waals surface area (Å²) >= 11 is 0. The Labute approximate surface area is 244 Å². The van der Waals surface area contributed by atoms with E-state index in [2.05, 4.69) is 0 Å². The van der Waals surface area contributed by atoms with Crippen molar-refractivity contribution in [2.75, 3.05) is 0 Å². The molecule has 44 heavy (non-hydrogen) atoms. The fraction of sp³-hybridized carbons (Fsp3) is 0.125.